The molecule has 0 unspecified atom stereocenters. The molecule has 3 nitrogen and oxygen atoms in total. The molecule has 0 amide bonds. The SMILES string of the molecule is OCc1nc(Cl)c(C(F)F)cc1O. The molecule has 0 saturated heterocycles. The molecule has 13 heavy (non-hydrogen) atoms. The number of aliphatic hydroxyl groups excluding tert-OH is 1. The van der Waals surface area contributed by atoms with Gasteiger partial charge in [0.25, 0.3) is 6.43 Å². The summed E-state index contributed by atoms with van der Waals surface area (Å²) < 4.78 is 24.3. The molecule has 0 saturated carbocycles. The minimum atomic E-state index is -2.79. The van der Waals surface area contributed by atoms with Crippen LogP contribution in [0.3, 0.4) is 0 Å². The van der Waals surface area contributed by atoms with Crippen molar-refractivity contribution in [2.45, 2.75) is 13.0 Å². The third-order valence-electron chi connectivity index (χ3n) is 1.44. The molecule has 1 rings (SSSR count). The molecule has 0 bridgehead atoms. The molecule has 0 fully saturated rings. The third-order valence-corrected chi connectivity index (χ3v) is 1.75. The van der Waals surface area contributed by atoms with Crippen LogP contribution in [0.25, 0.3) is 0 Å². The van der Waals surface area contributed by atoms with E-state index in [2.05, 4.69) is 4.98 Å². The largest absolute Gasteiger partial charge is 0.506 e. The molecule has 6 heteroatoms. The van der Waals surface area contributed by atoms with Crippen LogP contribution in [0.5, 0.6) is 5.75 Å². The van der Waals surface area contributed by atoms with Crippen LogP contribution < -0.4 is 0 Å². The summed E-state index contributed by atoms with van der Waals surface area (Å²) in [6.07, 6.45) is -2.79. The van der Waals surface area contributed by atoms with Crippen molar-refractivity contribution in [3.8, 4) is 5.75 Å². The predicted octanol–water partition coefficient (Wildman–Crippen LogP) is 1.87. The maximum absolute atomic E-state index is 12.1. The molecule has 0 radical (unpaired) electrons. The van der Waals surface area contributed by atoms with E-state index in [1.807, 2.05) is 0 Å². The Morgan fingerprint density at radius 3 is 2.62 bits per heavy atom. The summed E-state index contributed by atoms with van der Waals surface area (Å²) in [5.74, 6) is -0.484. The molecule has 0 atom stereocenters. The van der Waals surface area contributed by atoms with Crippen LogP contribution >= 0.6 is 11.6 Å². The monoisotopic (exact) mass is 209 g/mol. The van der Waals surface area contributed by atoms with Crippen LogP contribution in [-0.2, 0) is 6.61 Å². The van der Waals surface area contributed by atoms with E-state index in [-0.39, 0.29) is 5.69 Å². The molecule has 0 aromatic carbocycles. The maximum atomic E-state index is 12.1. The second kappa shape index (κ2) is 3.85. The molecular formula is C7H6ClF2NO2. The quantitative estimate of drug-likeness (QED) is 0.731. The van der Waals surface area contributed by atoms with Crippen LogP contribution in [0, 0.1) is 0 Å². The Bertz CT molecular complexity index is 320. The van der Waals surface area contributed by atoms with E-state index < -0.39 is 29.5 Å². The molecule has 0 aliphatic heterocycles. The summed E-state index contributed by atoms with van der Waals surface area (Å²) in [7, 11) is 0. The van der Waals surface area contributed by atoms with Crippen LogP contribution in [0.1, 0.15) is 17.7 Å². The summed E-state index contributed by atoms with van der Waals surface area (Å²) in [5, 5.41) is 17.2. The topological polar surface area (TPSA) is 53.4 Å². The number of aromatic hydroxyl groups is 1. The molecule has 1 aromatic heterocycles. The van der Waals surface area contributed by atoms with Gasteiger partial charge in [-0.15, -0.1) is 0 Å². The predicted molar refractivity (Wildman–Crippen MR) is 41.8 cm³/mol. The summed E-state index contributed by atoms with van der Waals surface area (Å²) in [6.45, 7) is -0.547. The van der Waals surface area contributed by atoms with Gasteiger partial charge in [0.15, 0.2) is 0 Å². The van der Waals surface area contributed by atoms with Gasteiger partial charge in [-0.1, -0.05) is 11.6 Å². The summed E-state index contributed by atoms with van der Waals surface area (Å²) in [6, 6.07) is 0.797. The van der Waals surface area contributed by atoms with Crippen molar-refractivity contribution >= 4 is 11.6 Å². The van der Waals surface area contributed by atoms with E-state index in [0.29, 0.717) is 0 Å². The number of halogens is 3. The van der Waals surface area contributed by atoms with Gasteiger partial charge < -0.3 is 10.2 Å². The van der Waals surface area contributed by atoms with Gasteiger partial charge in [-0.25, -0.2) is 13.8 Å². The molecule has 72 valence electrons. The first-order valence-corrected chi connectivity index (χ1v) is 3.71. The molecule has 0 spiro atoms. The van der Waals surface area contributed by atoms with Crippen molar-refractivity contribution in [1.82, 2.24) is 4.98 Å². The number of alkyl halides is 2. The van der Waals surface area contributed by atoms with Gasteiger partial charge in [0.2, 0.25) is 0 Å². The Morgan fingerprint density at radius 1 is 1.54 bits per heavy atom. The molecule has 0 aliphatic rings. The average Bonchev–Trinajstić information content (AvgIpc) is 2.07. The normalized spacial score (nSPS) is 10.8. The molecule has 1 heterocycles. The van der Waals surface area contributed by atoms with E-state index in [1.54, 1.807) is 0 Å². The Morgan fingerprint density at radius 2 is 2.15 bits per heavy atom. The van der Waals surface area contributed by atoms with Crippen LogP contribution in [0.15, 0.2) is 6.07 Å². The van der Waals surface area contributed by atoms with E-state index >= 15 is 0 Å². The Kier molecular flexibility index (Phi) is 3.00. The van der Waals surface area contributed by atoms with Gasteiger partial charge in [-0.2, -0.15) is 0 Å². The van der Waals surface area contributed by atoms with Crippen molar-refractivity contribution in [3.05, 3.63) is 22.5 Å². The number of aliphatic hydroxyl groups is 1. The lowest BCUT2D eigenvalue weighted by Crippen LogP contribution is -1.95. The maximum Gasteiger partial charge on any atom is 0.266 e. The Labute approximate surface area is 77.6 Å². The second-order valence-electron chi connectivity index (χ2n) is 2.29. The summed E-state index contributed by atoms with van der Waals surface area (Å²) >= 11 is 5.36. The van der Waals surface area contributed by atoms with Crippen LogP contribution in [-0.4, -0.2) is 15.2 Å². The van der Waals surface area contributed by atoms with Crippen molar-refractivity contribution < 1.29 is 19.0 Å². The van der Waals surface area contributed by atoms with Crippen LogP contribution in [0.4, 0.5) is 8.78 Å². The van der Waals surface area contributed by atoms with Gasteiger partial charge in [0, 0.05) is 0 Å². The highest BCUT2D eigenvalue weighted by Crippen LogP contribution is 2.30. The highest BCUT2D eigenvalue weighted by Gasteiger charge is 2.16. The molecular weight excluding hydrogens is 204 g/mol. The highest BCUT2D eigenvalue weighted by molar-refractivity contribution is 6.30. The van der Waals surface area contributed by atoms with Gasteiger partial charge in [0.05, 0.1) is 12.2 Å². The summed E-state index contributed by atoms with van der Waals surface area (Å²) in [5.41, 5.74) is -0.661. The fraction of sp³-hybridized carbons (Fsp3) is 0.286. The van der Waals surface area contributed by atoms with E-state index in [4.69, 9.17) is 21.8 Å². The number of rotatable bonds is 2. The van der Waals surface area contributed by atoms with E-state index in [0.717, 1.165) is 6.07 Å². The van der Waals surface area contributed by atoms with Gasteiger partial charge in [-0.3, -0.25) is 0 Å². The average molecular weight is 210 g/mol. The minimum absolute atomic E-state index is 0.116. The van der Waals surface area contributed by atoms with Crippen molar-refractivity contribution in [2.24, 2.45) is 0 Å². The first-order chi connectivity index (χ1) is 6.06. The lowest BCUT2D eigenvalue weighted by atomic mass is 10.2. The van der Waals surface area contributed by atoms with Crippen LogP contribution in [0.2, 0.25) is 5.15 Å². The zero-order chi connectivity index (χ0) is 10.0. The zero-order valence-corrected chi connectivity index (χ0v) is 7.09. The first kappa shape index (κ1) is 10.1. The minimum Gasteiger partial charge on any atom is -0.506 e. The third kappa shape index (κ3) is 2.05. The zero-order valence-electron chi connectivity index (χ0n) is 6.34. The second-order valence-corrected chi connectivity index (χ2v) is 2.65. The lowest BCUT2D eigenvalue weighted by Gasteiger charge is -2.05. The standard InChI is InChI=1S/C7H6ClF2NO2/c8-6-3(7(9)10)1-5(13)4(2-12)11-6/h1,7,12-13H,2H2. The number of hydrogen-bond acceptors (Lipinski definition) is 3. The van der Waals surface area contributed by atoms with Crippen molar-refractivity contribution in [2.75, 3.05) is 0 Å². The molecule has 0 aliphatic carbocycles. The van der Waals surface area contributed by atoms with Gasteiger partial charge in [-0.05, 0) is 6.07 Å². The molecule has 2 N–H and O–H groups in total. The number of pyridine rings is 1. The van der Waals surface area contributed by atoms with E-state index in [1.165, 1.54) is 0 Å². The first-order valence-electron chi connectivity index (χ1n) is 3.33. The fourth-order valence-corrected chi connectivity index (χ4v) is 1.04. The Hall–Kier alpha value is -0.940. The molecule has 1 aromatic rings. The summed E-state index contributed by atoms with van der Waals surface area (Å²) in [4.78, 5) is 3.40. The smallest absolute Gasteiger partial charge is 0.266 e. The number of aromatic nitrogens is 1. The van der Waals surface area contributed by atoms with Crippen molar-refractivity contribution in [1.29, 1.82) is 0 Å². The van der Waals surface area contributed by atoms with E-state index in [9.17, 15) is 8.78 Å². The number of nitrogens with zero attached hydrogens (tertiary/aromatic N) is 1. The highest BCUT2D eigenvalue weighted by atomic mass is 35.5. The van der Waals surface area contributed by atoms with Crippen molar-refractivity contribution in [3.63, 3.8) is 0 Å². The Balaban J connectivity index is 3.20. The fourth-order valence-electron chi connectivity index (χ4n) is 0.800. The lowest BCUT2D eigenvalue weighted by molar-refractivity contribution is 0.150. The number of hydrogen-bond donors (Lipinski definition) is 2. The van der Waals surface area contributed by atoms with Gasteiger partial charge in [0.1, 0.15) is 16.6 Å². The van der Waals surface area contributed by atoms with Gasteiger partial charge >= 0.3 is 0 Å².